The van der Waals surface area contributed by atoms with E-state index >= 15 is 0 Å². The zero-order valence-corrected chi connectivity index (χ0v) is 15.1. The summed E-state index contributed by atoms with van der Waals surface area (Å²) >= 11 is 1.62. The van der Waals surface area contributed by atoms with Crippen molar-refractivity contribution in [1.29, 1.82) is 0 Å². The molecular formula is C19H20N4OS. The van der Waals surface area contributed by atoms with Crippen molar-refractivity contribution in [2.45, 2.75) is 25.8 Å². The Labute approximate surface area is 150 Å². The third kappa shape index (κ3) is 3.35. The molecule has 4 rings (SSSR count). The number of hydrogen-bond acceptors (Lipinski definition) is 5. The fraction of sp³-hybridized carbons (Fsp3) is 0.316. The summed E-state index contributed by atoms with van der Waals surface area (Å²) in [5.41, 5.74) is 2.25. The van der Waals surface area contributed by atoms with Gasteiger partial charge in [-0.1, -0.05) is 30.3 Å². The lowest BCUT2D eigenvalue weighted by Crippen LogP contribution is -2.36. The van der Waals surface area contributed by atoms with Crippen molar-refractivity contribution in [3.05, 3.63) is 41.5 Å². The SMILES string of the molecule is Cc1nc(N(C)CC(=O)NC2CC2)c2c(-c3ccccc3)csc2n1. The number of fused-ring (bicyclic) bond motifs is 1. The molecule has 1 fully saturated rings. The van der Waals surface area contributed by atoms with Crippen LogP contribution in [0.1, 0.15) is 18.7 Å². The number of hydrogen-bond donors (Lipinski definition) is 1. The number of thiophene rings is 1. The number of amides is 1. The number of aryl methyl sites for hydroxylation is 1. The van der Waals surface area contributed by atoms with Gasteiger partial charge in [0.15, 0.2) is 0 Å². The number of nitrogens with one attached hydrogen (secondary N) is 1. The van der Waals surface area contributed by atoms with Gasteiger partial charge in [-0.25, -0.2) is 9.97 Å². The van der Waals surface area contributed by atoms with Crippen LogP contribution in [0.15, 0.2) is 35.7 Å². The molecule has 128 valence electrons. The van der Waals surface area contributed by atoms with Crippen LogP contribution in [-0.2, 0) is 4.79 Å². The van der Waals surface area contributed by atoms with E-state index in [2.05, 4.69) is 32.8 Å². The van der Waals surface area contributed by atoms with Gasteiger partial charge in [0, 0.05) is 24.0 Å². The van der Waals surface area contributed by atoms with Crippen LogP contribution >= 0.6 is 11.3 Å². The minimum atomic E-state index is 0.0471. The molecule has 0 saturated heterocycles. The summed E-state index contributed by atoms with van der Waals surface area (Å²) in [5, 5.41) is 6.17. The molecule has 2 aromatic heterocycles. The average molecular weight is 352 g/mol. The molecule has 1 aliphatic carbocycles. The Bertz CT molecular complexity index is 918. The van der Waals surface area contributed by atoms with Gasteiger partial charge < -0.3 is 10.2 Å². The molecule has 0 aliphatic heterocycles. The zero-order valence-electron chi connectivity index (χ0n) is 14.3. The van der Waals surface area contributed by atoms with Crippen LogP contribution in [0.4, 0.5) is 5.82 Å². The smallest absolute Gasteiger partial charge is 0.239 e. The van der Waals surface area contributed by atoms with Gasteiger partial charge in [-0.15, -0.1) is 11.3 Å². The summed E-state index contributed by atoms with van der Waals surface area (Å²) < 4.78 is 0. The Balaban J connectivity index is 1.73. The van der Waals surface area contributed by atoms with Gasteiger partial charge >= 0.3 is 0 Å². The van der Waals surface area contributed by atoms with E-state index in [4.69, 9.17) is 0 Å². The van der Waals surface area contributed by atoms with Crippen molar-refractivity contribution in [3.63, 3.8) is 0 Å². The van der Waals surface area contributed by atoms with E-state index in [1.165, 1.54) is 0 Å². The van der Waals surface area contributed by atoms with Crippen molar-refractivity contribution >= 4 is 33.3 Å². The van der Waals surface area contributed by atoms with Gasteiger partial charge in [0.05, 0.1) is 11.9 Å². The normalized spacial score (nSPS) is 13.8. The van der Waals surface area contributed by atoms with Gasteiger partial charge in [0.2, 0.25) is 5.91 Å². The molecule has 0 radical (unpaired) electrons. The molecule has 5 nitrogen and oxygen atoms in total. The standard InChI is InChI=1S/C19H20N4OS/c1-12-20-18(23(2)10-16(24)22-14-8-9-14)17-15(11-25-19(17)21-12)13-6-4-3-5-7-13/h3-7,11,14H,8-10H2,1-2H3,(H,22,24). The van der Waals surface area contributed by atoms with Crippen molar-refractivity contribution in [2.75, 3.05) is 18.5 Å². The predicted molar refractivity (Wildman–Crippen MR) is 102 cm³/mol. The molecule has 1 N–H and O–H groups in total. The number of carbonyl (C=O) groups excluding carboxylic acids is 1. The summed E-state index contributed by atoms with van der Waals surface area (Å²) in [5.74, 6) is 1.58. The van der Waals surface area contributed by atoms with Crippen molar-refractivity contribution in [3.8, 4) is 11.1 Å². The lowest BCUT2D eigenvalue weighted by molar-refractivity contribution is -0.119. The maximum Gasteiger partial charge on any atom is 0.239 e. The van der Waals surface area contributed by atoms with E-state index in [-0.39, 0.29) is 5.91 Å². The first-order valence-electron chi connectivity index (χ1n) is 8.43. The van der Waals surface area contributed by atoms with E-state index < -0.39 is 0 Å². The van der Waals surface area contributed by atoms with Gasteiger partial charge in [0.1, 0.15) is 16.5 Å². The molecule has 0 bridgehead atoms. The van der Waals surface area contributed by atoms with Crippen LogP contribution in [0.25, 0.3) is 21.3 Å². The third-order valence-corrected chi connectivity index (χ3v) is 5.17. The summed E-state index contributed by atoms with van der Waals surface area (Å²) in [7, 11) is 1.92. The first-order valence-corrected chi connectivity index (χ1v) is 9.31. The summed E-state index contributed by atoms with van der Waals surface area (Å²) in [6.07, 6.45) is 2.18. The fourth-order valence-corrected chi connectivity index (χ4v) is 3.91. The molecule has 1 saturated carbocycles. The quantitative estimate of drug-likeness (QED) is 0.765. The molecule has 0 spiro atoms. The van der Waals surface area contributed by atoms with Crippen LogP contribution < -0.4 is 10.2 Å². The molecule has 25 heavy (non-hydrogen) atoms. The molecule has 2 heterocycles. The zero-order chi connectivity index (χ0) is 17.4. The predicted octanol–water partition coefficient (Wildman–Crippen LogP) is 3.38. The summed E-state index contributed by atoms with van der Waals surface area (Å²) in [6, 6.07) is 10.6. The molecule has 1 aromatic carbocycles. The Morgan fingerprint density at radius 1 is 1.28 bits per heavy atom. The first kappa shape index (κ1) is 16.0. The van der Waals surface area contributed by atoms with Crippen molar-refractivity contribution < 1.29 is 4.79 Å². The maximum absolute atomic E-state index is 12.2. The Morgan fingerprint density at radius 3 is 2.76 bits per heavy atom. The minimum absolute atomic E-state index is 0.0471. The van der Waals surface area contributed by atoms with Crippen LogP contribution in [0.2, 0.25) is 0 Å². The van der Waals surface area contributed by atoms with Crippen LogP contribution in [-0.4, -0.2) is 35.5 Å². The topological polar surface area (TPSA) is 58.1 Å². The number of nitrogens with zero attached hydrogens (tertiary/aromatic N) is 3. The lowest BCUT2D eigenvalue weighted by atomic mass is 10.1. The average Bonchev–Trinajstić information content (AvgIpc) is 3.30. The number of benzene rings is 1. The van der Waals surface area contributed by atoms with Gasteiger partial charge in [-0.05, 0) is 25.3 Å². The Morgan fingerprint density at radius 2 is 2.04 bits per heavy atom. The molecule has 0 unspecified atom stereocenters. The second-order valence-corrected chi connectivity index (χ2v) is 7.35. The van der Waals surface area contributed by atoms with E-state index in [9.17, 15) is 4.79 Å². The number of likely N-dealkylation sites (N-methyl/N-ethyl adjacent to an activating group) is 1. The Hall–Kier alpha value is -2.47. The summed E-state index contributed by atoms with van der Waals surface area (Å²) in [4.78, 5) is 24.3. The lowest BCUT2D eigenvalue weighted by Gasteiger charge is -2.19. The molecule has 1 amide bonds. The van der Waals surface area contributed by atoms with Crippen LogP contribution in [0.3, 0.4) is 0 Å². The van der Waals surface area contributed by atoms with Crippen LogP contribution in [0, 0.1) is 6.92 Å². The fourth-order valence-electron chi connectivity index (χ4n) is 2.92. The Kier molecular flexibility index (Phi) is 4.13. The summed E-state index contributed by atoms with van der Waals surface area (Å²) in [6.45, 7) is 2.19. The van der Waals surface area contributed by atoms with E-state index in [1.54, 1.807) is 11.3 Å². The maximum atomic E-state index is 12.2. The van der Waals surface area contributed by atoms with Gasteiger partial charge in [-0.2, -0.15) is 0 Å². The van der Waals surface area contributed by atoms with Crippen molar-refractivity contribution in [2.24, 2.45) is 0 Å². The first-order chi connectivity index (χ1) is 12.1. The molecule has 6 heteroatoms. The highest BCUT2D eigenvalue weighted by Crippen LogP contribution is 2.37. The monoisotopic (exact) mass is 352 g/mol. The largest absolute Gasteiger partial charge is 0.352 e. The van der Waals surface area contributed by atoms with Gasteiger partial charge in [-0.3, -0.25) is 4.79 Å². The number of aromatic nitrogens is 2. The molecule has 0 atom stereocenters. The second kappa shape index (κ2) is 6.44. The highest BCUT2D eigenvalue weighted by Gasteiger charge is 2.24. The number of carbonyl (C=O) groups is 1. The van der Waals surface area contributed by atoms with E-state index in [1.807, 2.05) is 37.1 Å². The molecule has 3 aromatic rings. The second-order valence-electron chi connectivity index (χ2n) is 6.49. The third-order valence-electron chi connectivity index (χ3n) is 4.30. The highest BCUT2D eigenvalue weighted by atomic mass is 32.1. The molecular weight excluding hydrogens is 332 g/mol. The number of anilines is 1. The van der Waals surface area contributed by atoms with Gasteiger partial charge in [0.25, 0.3) is 0 Å². The number of rotatable bonds is 5. The minimum Gasteiger partial charge on any atom is -0.352 e. The van der Waals surface area contributed by atoms with E-state index in [0.29, 0.717) is 12.6 Å². The van der Waals surface area contributed by atoms with Crippen molar-refractivity contribution in [1.82, 2.24) is 15.3 Å². The van der Waals surface area contributed by atoms with E-state index in [0.717, 1.165) is 45.8 Å². The molecule has 1 aliphatic rings. The highest BCUT2D eigenvalue weighted by molar-refractivity contribution is 7.17. The van der Waals surface area contributed by atoms with Crippen LogP contribution in [0.5, 0.6) is 0 Å².